The minimum atomic E-state index is -1.00. The molecule has 0 aromatic heterocycles. The van der Waals surface area contributed by atoms with E-state index in [0.717, 1.165) is 31.8 Å². The van der Waals surface area contributed by atoms with E-state index in [-0.39, 0.29) is 12.2 Å². The molecule has 1 rings (SSSR count). The van der Waals surface area contributed by atoms with Crippen LogP contribution < -0.4 is 14.2 Å². The van der Waals surface area contributed by atoms with Crippen molar-refractivity contribution in [3.63, 3.8) is 0 Å². The molecule has 0 amide bonds. The van der Waals surface area contributed by atoms with Crippen LogP contribution in [0.5, 0.6) is 17.2 Å². The molecule has 5 heteroatoms. The van der Waals surface area contributed by atoms with Crippen LogP contribution >= 0.6 is 0 Å². The zero-order chi connectivity index (χ0) is 18.8. The molecular formula is C20H30O5. The number of hydrogen-bond acceptors (Lipinski definition) is 4. The monoisotopic (exact) mass is 350 g/mol. The summed E-state index contributed by atoms with van der Waals surface area (Å²) >= 11 is 0. The molecule has 1 aromatic rings. The lowest BCUT2D eigenvalue weighted by atomic mass is 10.1. The molecule has 2 unspecified atom stereocenters. The van der Waals surface area contributed by atoms with Gasteiger partial charge in [0.05, 0.1) is 19.3 Å². The van der Waals surface area contributed by atoms with E-state index >= 15 is 0 Å². The van der Waals surface area contributed by atoms with Crippen molar-refractivity contribution in [2.75, 3.05) is 7.11 Å². The third-order valence-electron chi connectivity index (χ3n) is 3.72. The summed E-state index contributed by atoms with van der Waals surface area (Å²) in [6.45, 7) is 8.24. The SMILES string of the molecule is CCCC(C)Oc1cc(C=CC(=O)O)cc(OC)c1OC(C)CCC. The summed E-state index contributed by atoms with van der Waals surface area (Å²) in [7, 11) is 1.57. The van der Waals surface area contributed by atoms with Gasteiger partial charge in [-0.2, -0.15) is 0 Å². The summed E-state index contributed by atoms with van der Waals surface area (Å²) in [5.41, 5.74) is 0.688. The predicted octanol–water partition coefficient (Wildman–Crippen LogP) is 4.93. The van der Waals surface area contributed by atoms with E-state index in [1.54, 1.807) is 19.2 Å². The standard InChI is InChI=1S/C20H30O5/c1-6-8-14(3)24-18-13-16(10-11-19(21)22)12-17(23-5)20(18)25-15(4)9-7-2/h10-15H,6-9H2,1-5H3,(H,21,22). The molecule has 0 fully saturated rings. The second-order valence-corrected chi connectivity index (χ2v) is 6.16. The highest BCUT2D eigenvalue weighted by atomic mass is 16.5. The number of carboxylic acids is 1. The molecule has 0 aliphatic carbocycles. The van der Waals surface area contributed by atoms with Gasteiger partial charge >= 0.3 is 5.97 Å². The zero-order valence-electron chi connectivity index (χ0n) is 15.9. The maximum Gasteiger partial charge on any atom is 0.328 e. The Bertz CT molecular complexity index is 580. The number of carbonyl (C=O) groups is 1. The number of methoxy groups -OCH3 is 1. The summed E-state index contributed by atoms with van der Waals surface area (Å²) in [5.74, 6) is 0.680. The highest BCUT2D eigenvalue weighted by Gasteiger charge is 2.18. The first-order valence-corrected chi connectivity index (χ1v) is 8.87. The van der Waals surface area contributed by atoms with Gasteiger partial charge in [-0.05, 0) is 50.5 Å². The quantitative estimate of drug-likeness (QED) is 0.573. The minimum absolute atomic E-state index is 0.0252. The van der Waals surface area contributed by atoms with E-state index in [9.17, 15) is 4.79 Å². The molecule has 1 N–H and O–H groups in total. The van der Waals surface area contributed by atoms with E-state index in [4.69, 9.17) is 19.3 Å². The Kier molecular flexibility index (Phi) is 8.89. The molecule has 140 valence electrons. The Morgan fingerprint density at radius 1 is 1.08 bits per heavy atom. The van der Waals surface area contributed by atoms with Crippen molar-refractivity contribution in [3.05, 3.63) is 23.8 Å². The summed E-state index contributed by atoms with van der Waals surface area (Å²) in [5, 5.41) is 8.84. The van der Waals surface area contributed by atoms with Crippen molar-refractivity contribution in [2.45, 2.75) is 65.6 Å². The van der Waals surface area contributed by atoms with Gasteiger partial charge in [0.15, 0.2) is 11.5 Å². The van der Waals surface area contributed by atoms with Gasteiger partial charge in [-0.3, -0.25) is 0 Å². The van der Waals surface area contributed by atoms with Gasteiger partial charge in [0.25, 0.3) is 0 Å². The predicted molar refractivity (Wildman–Crippen MR) is 99.7 cm³/mol. The number of benzene rings is 1. The van der Waals surface area contributed by atoms with Crippen LogP contribution in [0.2, 0.25) is 0 Å². The lowest BCUT2D eigenvalue weighted by molar-refractivity contribution is -0.131. The van der Waals surface area contributed by atoms with E-state index in [0.29, 0.717) is 22.8 Å². The van der Waals surface area contributed by atoms with E-state index in [1.165, 1.54) is 6.08 Å². The minimum Gasteiger partial charge on any atom is -0.493 e. The molecule has 25 heavy (non-hydrogen) atoms. The van der Waals surface area contributed by atoms with Crippen molar-refractivity contribution < 1.29 is 24.1 Å². The molecule has 1 aromatic carbocycles. The molecule has 2 atom stereocenters. The maximum atomic E-state index is 10.8. The van der Waals surface area contributed by atoms with Crippen LogP contribution in [0.4, 0.5) is 0 Å². The highest BCUT2D eigenvalue weighted by molar-refractivity contribution is 5.85. The normalized spacial score (nSPS) is 13.5. The van der Waals surface area contributed by atoms with Crippen molar-refractivity contribution in [1.29, 1.82) is 0 Å². The van der Waals surface area contributed by atoms with E-state index < -0.39 is 5.97 Å². The number of aliphatic carboxylic acids is 1. The van der Waals surface area contributed by atoms with Crippen molar-refractivity contribution in [1.82, 2.24) is 0 Å². The van der Waals surface area contributed by atoms with Crippen LogP contribution in [-0.2, 0) is 4.79 Å². The summed E-state index contributed by atoms with van der Waals surface area (Å²) in [6.07, 6.45) is 6.54. The van der Waals surface area contributed by atoms with Crippen molar-refractivity contribution in [3.8, 4) is 17.2 Å². The topological polar surface area (TPSA) is 65.0 Å². The Morgan fingerprint density at radius 2 is 1.64 bits per heavy atom. The van der Waals surface area contributed by atoms with Crippen LogP contribution in [0.3, 0.4) is 0 Å². The fourth-order valence-corrected chi connectivity index (χ4v) is 2.56. The highest BCUT2D eigenvalue weighted by Crippen LogP contribution is 2.40. The van der Waals surface area contributed by atoms with Gasteiger partial charge in [0.2, 0.25) is 5.75 Å². The van der Waals surface area contributed by atoms with Gasteiger partial charge in [0, 0.05) is 6.08 Å². The third-order valence-corrected chi connectivity index (χ3v) is 3.72. The van der Waals surface area contributed by atoms with Gasteiger partial charge in [-0.15, -0.1) is 0 Å². The molecule has 0 saturated heterocycles. The average Bonchev–Trinajstić information content (AvgIpc) is 2.55. The lowest BCUT2D eigenvalue weighted by Gasteiger charge is -2.22. The maximum absolute atomic E-state index is 10.8. The third kappa shape index (κ3) is 7.08. The average molecular weight is 350 g/mol. The fourth-order valence-electron chi connectivity index (χ4n) is 2.56. The summed E-state index contributed by atoms with van der Waals surface area (Å²) in [4.78, 5) is 10.8. The molecule has 0 aliphatic rings. The molecule has 0 heterocycles. The first-order valence-electron chi connectivity index (χ1n) is 8.87. The molecule has 0 saturated carbocycles. The number of ether oxygens (including phenoxy) is 3. The Hall–Kier alpha value is -2.17. The Morgan fingerprint density at radius 3 is 2.16 bits per heavy atom. The van der Waals surface area contributed by atoms with Crippen LogP contribution in [0.25, 0.3) is 6.08 Å². The van der Waals surface area contributed by atoms with Crippen LogP contribution in [0.1, 0.15) is 58.9 Å². The van der Waals surface area contributed by atoms with Gasteiger partial charge < -0.3 is 19.3 Å². The fraction of sp³-hybridized carbons (Fsp3) is 0.550. The lowest BCUT2D eigenvalue weighted by Crippen LogP contribution is -2.16. The number of hydrogen-bond donors (Lipinski definition) is 1. The molecule has 0 spiro atoms. The van der Waals surface area contributed by atoms with Gasteiger partial charge in [-0.1, -0.05) is 26.7 Å². The second kappa shape index (κ2) is 10.6. The largest absolute Gasteiger partial charge is 0.493 e. The smallest absolute Gasteiger partial charge is 0.328 e. The Labute approximate surface area is 150 Å². The number of carboxylic acid groups (broad SMARTS) is 1. The molecule has 0 aliphatic heterocycles. The van der Waals surface area contributed by atoms with E-state index in [2.05, 4.69) is 13.8 Å². The first kappa shape index (κ1) is 20.9. The first-order chi connectivity index (χ1) is 11.9. The van der Waals surface area contributed by atoms with Crippen molar-refractivity contribution in [2.24, 2.45) is 0 Å². The molecule has 5 nitrogen and oxygen atoms in total. The van der Waals surface area contributed by atoms with Gasteiger partial charge in [-0.25, -0.2) is 4.79 Å². The molecule has 0 radical (unpaired) electrons. The Balaban J connectivity index is 3.26. The molecular weight excluding hydrogens is 320 g/mol. The summed E-state index contributed by atoms with van der Waals surface area (Å²) < 4.78 is 17.6. The van der Waals surface area contributed by atoms with Crippen molar-refractivity contribution >= 4 is 12.0 Å². The second-order valence-electron chi connectivity index (χ2n) is 6.16. The number of rotatable bonds is 11. The van der Waals surface area contributed by atoms with Crippen LogP contribution in [0, 0.1) is 0 Å². The molecule has 0 bridgehead atoms. The van der Waals surface area contributed by atoms with Crippen LogP contribution in [0.15, 0.2) is 18.2 Å². The summed E-state index contributed by atoms with van der Waals surface area (Å²) in [6, 6.07) is 3.55. The van der Waals surface area contributed by atoms with E-state index in [1.807, 2.05) is 13.8 Å². The zero-order valence-corrected chi connectivity index (χ0v) is 15.9. The van der Waals surface area contributed by atoms with Gasteiger partial charge in [0.1, 0.15) is 0 Å². The van der Waals surface area contributed by atoms with Crippen LogP contribution in [-0.4, -0.2) is 30.4 Å².